The smallest absolute Gasteiger partial charge is 0.298 e. The lowest BCUT2D eigenvalue weighted by molar-refractivity contribution is -0.116. The van der Waals surface area contributed by atoms with Crippen LogP contribution in [-0.4, -0.2) is 17.2 Å². The van der Waals surface area contributed by atoms with Crippen molar-refractivity contribution >= 4 is 40.7 Å². The molecule has 0 aliphatic carbocycles. The summed E-state index contributed by atoms with van der Waals surface area (Å²) in [6.45, 7) is 0. The van der Waals surface area contributed by atoms with E-state index in [9.17, 15) is 18.0 Å². The topological polar surface area (TPSA) is 17.1 Å². The lowest BCUT2D eigenvalue weighted by atomic mass is 10.1. The Morgan fingerprint density at radius 3 is 2.47 bits per heavy atom. The molecule has 0 aliphatic heterocycles. The molecule has 7 heteroatoms. The number of benzene rings is 1. The van der Waals surface area contributed by atoms with Crippen molar-refractivity contribution in [2.45, 2.75) is 16.8 Å². The van der Waals surface area contributed by atoms with Gasteiger partial charge in [0.05, 0.1) is 10.9 Å². The number of thioether (sulfide) groups is 1. The van der Waals surface area contributed by atoms with Gasteiger partial charge < -0.3 is 0 Å². The van der Waals surface area contributed by atoms with Gasteiger partial charge in [-0.1, -0.05) is 17.7 Å². The van der Waals surface area contributed by atoms with Gasteiger partial charge in [0.2, 0.25) is 0 Å². The van der Waals surface area contributed by atoms with Crippen molar-refractivity contribution in [1.29, 1.82) is 0 Å². The van der Waals surface area contributed by atoms with Gasteiger partial charge in [0.1, 0.15) is 0 Å². The fraction of sp³-hybridized carbons (Fsp3) is 0.300. The van der Waals surface area contributed by atoms with Gasteiger partial charge in [0, 0.05) is 11.3 Å². The second kappa shape index (κ2) is 5.98. The zero-order valence-electron chi connectivity index (χ0n) is 8.35. The van der Waals surface area contributed by atoms with Crippen molar-refractivity contribution in [3.05, 3.63) is 28.8 Å². The maximum atomic E-state index is 12.1. The molecule has 1 rings (SSSR count). The molecule has 94 valence electrons. The Morgan fingerprint density at radius 1 is 1.35 bits per heavy atom. The predicted octanol–water partition coefficient (Wildman–Crippen LogP) is 4.30. The number of alkyl halides is 4. The quantitative estimate of drug-likeness (QED) is 0.609. The molecule has 0 aliphatic rings. The second-order valence-electron chi connectivity index (χ2n) is 3.16. The molecular formula is C10H7Cl2F3OS. The first-order chi connectivity index (χ1) is 7.81. The molecule has 0 bridgehead atoms. The third kappa shape index (κ3) is 5.19. The van der Waals surface area contributed by atoms with Gasteiger partial charge in [-0.05, 0) is 29.5 Å². The number of halogens is 5. The van der Waals surface area contributed by atoms with Crippen molar-refractivity contribution in [1.82, 2.24) is 0 Å². The molecule has 0 spiro atoms. The Hall–Kier alpha value is -0.390. The molecule has 0 N–H and O–H groups in total. The highest BCUT2D eigenvalue weighted by atomic mass is 35.5. The van der Waals surface area contributed by atoms with Crippen molar-refractivity contribution in [3.8, 4) is 0 Å². The summed E-state index contributed by atoms with van der Waals surface area (Å²) in [5.41, 5.74) is -3.83. The normalized spacial score (nSPS) is 11.6. The van der Waals surface area contributed by atoms with E-state index in [4.69, 9.17) is 23.2 Å². The SMILES string of the molecule is O=C(CCl)Cc1ccc(SC(F)(F)F)c(Cl)c1. The summed E-state index contributed by atoms with van der Waals surface area (Å²) in [6, 6.07) is 4.03. The number of rotatable bonds is 4. The molecule has 1 nitrogen and oxygen atoms in total. The van der Waals surface area contributed by atoms with E-state index < -0.39 is 5.51 Å². The Balaban J connectivity index is 2.83. The van der Waals surface area contributed by atoms with Gasteiger partial charge in [-0.2, -0.15) is 13.2 Å². The van der Waals surface area contributed by atoms with Crippen LogP contribution in [0.15, 0.2) is 23.1 Å². The second-order valence-corrected chi connectivity index (χ2v) is 4.94. The average molecular weight is 303 g/mol. The first-order valence-electron chi connectivity index (χ1n) is 4.43. The van der Waals surface area contributed by atoms with Crippen LogP contribution in [0.2, 0.25) is 5.02 Å². The Labute approximate surface area is 110 Å². The molecule has 0 saturated carbocycles. The minimum Gasteiger partial charge on any atom is -0.298 e. The van der Waals surface area contributed by atoms with Crippen LogP contribution in [0.3, 0.4) is 0 Å². The van der Waals surface area contributed by atoms with Crippen LogP contribution in [0, 0.1) is 0 Å². The molecule has 0 radical (unpaired) electrons. The number of ketones is 1. The van der Waals surface area contributed by atoms with Gasteiger partial charge in [-0.15, -0.1) is 11.6 Å². The molecule has 0 saturated heterocycles. The van der Waals surface area contributed by atoms with E-state index in [1.54, 1.807) is 0 Å². The standard InChI is InChI=1S/C10H7Cl2F3OS/c11-5-7(16)3-6-1-2-9(8(12)4-6)17-10(13,14)15/h1-2,4H,3,5H2. The number of carbonyl (C=O) groups is 1. The minimum absolute atomic E-state index is 0.0211. The monoisotopic (exact) mass is 302 g/mol. The lowest BCUT2D eigenvalue weighted by Gasteiger charge is -2.08. The van der Waals surface area contributed by atoms with Crippen molar-refractivity contribution in [2.24, 2.45) is 0 Å². The Bertz CT molecular complexity index is 421. The lowest BCUT2D eigenvalue weighted by Crippen LogP contribution is -2.04. The number of Topliss-reactive ketones (excluding diaryl/α,β-unsaturated/α-hetero) is 1. The molecule has 1 aromatic rings. The molecular weight excluding hydrogens is 296 g/mol. The van der Waals surface area contributed by atoms with Crippen LogP contribution in [0.5, 0.6) is 0 Å². The largest absolute Gasteiger partial charge is 0.446 e. The van der Waals surface area contributed by atoms with Crippen molar-refractivity contribution in [2.75, 3.05) is 5.88 Å². The molecule has 0 heterocycles. The molecule has 0 aromatic heterocycles. The molecule has 0 atom stereocenters. The third-order valence-corrected chi connectivity index (χ3v) is 3.30. The molecule has 0 fully saturated rings. The van der Waals surface area contributed by atoms with E-state index in [1.807, 2.05) is 0 Å². The van der Waals surface area contributed by atoms with E-state index in [-0.39, 0.29) is 39.8 Å². The average Bonchev–Trinajstić information content (AvgIpc) is 2.20. The van der Waals surface area contributed by atoms with Gasteiger partial charge in [-0.3, -0.25) is 4.79 Å². The molecule has 0 unspecified atom stereocenters. The predicted molar refractivity (Wildman–Crippen MR) is 62.8 cm³/mol. The third-order valence-electron chi connectivity index (χ3n) is 1.77. The fourth-order valence-electron chi connectivity index (χ4n) is 1.14. The zero-order valence-corrected chi connectivity index (χ0v) is 10.7. The van der Waals surface area contributed by atoms with E-state index in [1.165, 1.54) is 18.2 Å². The van der Waals surface area contributed by atoms with E-state index in [0.717, 1.165) is 0 Å². The Morgan fingerprint density at radius 2 is 2.00 bits per heavy atom. The summed E-state index contributed by atoms with van der Waals surface area (Å²) >= 11 is 10.7. The maximum Gasteiger partial charge on any atom is 0.446 e. The number of carbonyl (C=O) groups excluding carboxylic acids is 1. The van der Waals surface area contributed by atoms with Gasteiger partial charge in [0.15, 0.2) is 5.78 Å². The zero-order chi connectivity index (χ0) is 13.1. The van der Waals surface area contributed by atoms with Gasteiger partial charge >= 0.3 is 5.51 Å². The highest BCUT2D eigenvalue weighted by molar-refractivity contribution is 8.00. The van der Waals surface area contributed by atoms with Crippen LogP contribution >= 0.6 is 35.0 Å². The highest BCUT2D eigenvalue weighted by Gasteiger charge is 2.30. The van der Waals surface area contributed by atoms with E-state index in [0.29, 0.717) is 5.56 Å². The summed E-state index contributed by atoms with van der Waals surface area (Å²) in [7, 11) is 0. The van der Waals surface area contributed by atoms with Crippen LogP contribution in [0.1, 0.15) is 5.56 Å². The fourth-order valence-corrected chi connectivity index (χ4v) is 2.09. The van der Waals surface area contributed by atoms with Crippen LogP contribution in [0.4, 0.5) is 13.2 Å². The molecule has 17 heavy (non-hydrogen) atoms. The van der Waals surface area contributed by atoms with E-state index in [2.05, 4.69) is 0 Å². The van der Waals surface area contributed by atoms with Crippen molar-refractivity contribution < 1.29 is 18.0 Å². The van der Waals surface area contributed by atoms with E-state index >= 15 is 0 Å². The summed E-state index contributed by atoms with van der Waals surface area (Å²) < 4.78 is 36.4. The van der Waals surface area contributed by atoms with Crippen LogP contribution < -0.4 is 0 Å². The summed E-state index contributed by atoms with van der Waals surface area (Å²) in [5.74, 6) is -0.338. The summed E-state index contributed by atoms with van der Waals surface area (Å²) in [5, 5.41) is -0.0211. The first kappa shape index (κ1) is 14.7. The van der Waals surface area contributed by atoms with Crippen LogP contribution in [0.25, 0.3) is 0 Å². The Kier molecular flexibility index (Phi) is 5.16. The van der Waals surface area contributed by atoms with Crippen molar-refractivity contribution in [3.63, 3.8) is 0 Å². The number of hydrogen-bond acceptors (Lipinski definition) is 2. The van der Waals surface area contributed by atoms with Gasteiger partial charge in [0.25, 0.3) is 0 Å². The molecule has 1 aromatic carbocycles. The number of hydrogen-bond donors (Lipinski definition) is 0. The first-order valence-corrected chi connectivity index (χ1v) is 6.16. The van der Waals surface area contributed by atoms with Gasteiger partial charge in [-0.25, -0.2) is 0 Å². The summed E-state index contributed by atoms with van der Waals surface area (Å²) in [6.07, 6.45) is 0.0696. The highest BCUT2D eigenvalue weighted by Crippen LogP contribution is 2.40. The summed E-state index contributed by atoms with van der Waals surface area (Å²) in [4.78, 5) is 11.0. The maximum absolute atomic E-state index is 12.1. The molecule has 0 amide bonds. The minimum atomic E-state index is -4.38. The van der Waals surface area contributed by atoms with Crippen LogP contribution in [-0.2, 0) is 11.2 Å².